The number of ether oxygens (including phenoxy) is 3. The van der Waals surface area contributed by atoms with Gasteiger partial charge in [-0.25, -0.2) is 0 Å². The van der Waals surface area contributed by atoms with Crippen molar-refractivity contribution in [3.05, 3.63) is 0 Å². The minimum Gasteiger partial charge on any atom is -0.778 e. The van der Waals surface area contributed by atoms with Gasteiger partial charge in [0.05, 0.1) is 45.1 Å². The number of hydrogen-bond acceptors (Lipinski definition) is 9. The van der Waals surface area contributed by atoms with E-state index in [1.807, 2.05) is 28.1 Å². The van der Waals surface area contributed by atoms with E-state index in [1.54, 1.807) is 27.7 Å². The number of rotatable bonds is 17. The Balaban J connectivity index is 4.53. The van der Waals surface area contributed by atoms with E-state index in [9.17, 15) is 23.8 Å². The van der Waals surface area contributed by atoms with Crippen molar-refractivity contribution in [2.24, 2.45) is 10.8 Å². The van der Waals surface area contributed by atoms with E-state index >= 15 is 0 Å². The molecule has 0 aromatic heterocycles. The molecule has 0 saturated heterocycles. The Morgan fingerprint density at radius 2 is 1.28 bits per heavy atom. The van der Waals surface area contributed by atoms with Crippen LogP contribution >= 0.6 is 19.2 Å². The highest BCUT2D eigenvalue weighted by atomic mass is 35.5. The van der Waals surface area contributed by atoms with Gasteiger partial charge in [0.25, 0.3) is 0 Å². The summed E-state index contributed by atoms with van der Waals surface area (Å²) in [4.78, 5) is 47.4. The Labute approximate surface area is 221 Å². The Morgan fingerprint density at radius 1 is 0.833 bits per heavy atom. The highest BCUT2D eigenvalue weighted by Gasteiger charge is 2.43. The Morgan fingerprint density at radius 3 is 1.75 bits per heavy atom. The molecule has 0 rings (SSSR count). The molecule has 0 aromatic rings. The third-order valence-electron chi connectivity index (χ3n) is 5.60. The fourth-order valence-corrected chi connectivity index (χ4v) is 4.44. The third-order valence-corrected chi connectivity index (χ3v) is 7.33. The summed E-state index contributed by atoms with van der Waals surface area (Å²) in [6.07, 6.45) is 0.861. The lowest BCUT2D eigenvalue weighted by atomic mass is 9.83. The van der Waals surface area contributed by atoms with Crippen molar-refractivity contribution in [2.45, 2.75) is 65.7 Å². The molecule has 0 aliphatic rings. The molecule has 0 aromatic carbocycles. The Bertz CT molecular complexity index is 791. The molecule has 0 heterocycles. The van der Waals surface area contributed by atoms with Gasteiger partial charge in [0.2, 0.25) is 0 Å². The summed E-state index contributed by atoms with van der Waals surface area (Å²) in [6, 6.07) is 0. The molecule has 12 heteroatoms. The smallest absolute Gasteiger partial charge is 0.327 e. The van der Waals surface area contributed by atoms with Crippen LogP contribution in [0.25, 0.3) is 0 Å². The predicted molar refractivity (Wildman–Crippen MR) is 136 cm³/mol. The lowest BCUT2D eigenvalue weighted by Crippen LogP contribution is -2.40. The minimum atomic E-state index is -4.03. The first kappa shape index (κ1) is 34.8. The second-order valence-electron chi connectivity index (χ2n) is 11.4. The fourth-order valence-electron chi connectivity index (χ4n) is 3.04. The molecular formula is C24H45ClNO9P. The average Bonchev–Trinajstić information content (AvgIpc) is 2.71. The first-order valence-corrected chi connectivity index (χ1v) is 14.2. The molecule has 0 saturated carbocycles. The van der Waals surface area contributed by atoms with E-state index in [0.717, 1.165) is 0 Å². The van der Waals surface area contributed by atoms with Gasteiger partial charge in [-0.2, -0.15) is 0 Å². The number of alkyl halides is 1. The molecule has 212 valence electrons. The molecule has 0 aliphatic carbocycles. The molecule has 0 bridgehead atoms. The molecule has 10 nitrogen and oxygen atoms in total. The summed E-state index contributed by atoms with van der Waals surface area (Å²) in [5.41, 5.74) is -1.76. The van der Waals surface area contributed by atoms with Gasteiger partial charge >= 0.3 is 17.9 Å². The highest BCUT2D eigenvalue weighted by molar-refractivity contribution is 7.51. The molecule has 0 aliphatic heterocycles. The van der Waals surface area contributed by atoms with Crippen LogP contribution in [-0.4, -0.2) is 87.5 Å². The van der Waals surface area contributed by atoms with E-state index in [-0.39, 0.29) is 45.0 Å². The van der Waals surface area contributed by atoms with E-state index in [4.69, 9.17) is 30.3 Å². The van der Waals surface area contributed by atoms with Crippen LogP contribution in [0.1, 0.15) is 60.8 Å². The van der Waals surface area contributed by atoms with Crippen LogP contribution in [0.15, 0.2) is 0 Å². The van der Waals surface area contributed by atoms with Gasteiger partial charge in [-0.1, -0.05) is 6.92 Å². The first-order valence-electron chi connectivity index (χ1n) is 12.1. The zero-order valence-corrected chi connectivity index (χ0v) is 25.0. The molecule has 0 radical (unpaired) electrons. The van der Waals surface area contributed by atoms with Gasteiger partial charge in [0.1, 0.15) is 32.3 Å². The summed E-state index contributed by atoms with van der Waals surface area (Å²) in [6.45, 7) is 9.82. The Kier molecular flexibility index (Phi) is 13.6. The number of carbonyl (C=O) groups excluding carboxylic acids is 3. The van der Waals surface area contributed by atoms with Crippen LogP contribution in [0, 0.1) is 10.8 Å². The van der Waals surface area contributed by atoms with Crippen LogP contribution in [0.4, 0.5) is 0 Å². The maximum atomic E-state index is 12.5. The normalized spacial score (nSPS) is 16.0. The topological polar surface area (TPSA) is 128 Å². The van der Waals surface area contributed by atoms with Gasteiger partial charge in [-0.05, 0) is 47.5 Å². The number of nitrogens with zero attached hydrogens (tertiary/aromatic N) is 1. The van der Waals surface area contributed by atoms with Gasteiger partial charge in [-0.3, -0.25) is 14.4 Å². The summed E-state index contributed by atoms with van der Waals surface area (Å²) in [5.74, 6) is -1.80. The van der Waals surface area contributed by atoms with Crippen molar-refractivity contribution in [2.75, 3.05) is 60.3 Å². The van der Waals surface area contributed by atoms with Gasteiger partial charge in [-0.15, -0.1) is 11.6 Å². The molecule has 36 heavy (non-hydrogen) atoms. The number of halogens is 1. The van der Waals surface area contributed by atoms with Crippen molar-refractivity contribution >= 4 is 37.1 Å². The standard InChI is InChI=1S/C24H45ClNO9P/c1-10-22(2,3)19(27)32-13-14-33-20(28)23(4,5)18-24(6,25)21(29)34-15-16-35-36(30,31)17-11-12-26(7,8)9/h10-18H2,1-9H3. The fraction of sp³-hybridized carbons (Fsp3) is 0.875. The molecule has 2 atom stereocenters. The van der Waals surface area contributed by atoms with E-state index in [0.29, 0.717) is 23.9 Å². The van der Waals surface area contributed by atoms with Crippen molar-refractivity contribution in [1.29, 1.82) is 0 Å². The average molecular weight is 558 g/mol. The second-order valence-corrected chi connectivity index (χ2v) is 14.2. The second kappa shape index (κ2) is 14.1. The summed E-state index contributed by atoms with van der Waals surface area (Å²) < 4.78 is 33.0. The molecular weight excluding hydrogens is 513 g/mol. The minimum absolute atomic E-state index is 0.0802. The zero-order chi connectivity index (χ0) is 28.4. The summed E-state index contributed by atoms with van der Waals surface area (Å²) >= 11 is 6.35. The quantitative estimate of drug-likeness (QED) is 0.0661. The predicted octanol–water partition coefficient (Wildman–Crippen LogP) is 3.13. The Hall–Kier alpha value is -1.19. The van der Waals surface area contributed by atoms with Gasteiger partial charge < -0.3 is 32.7 Å². The van der Waals surface area contributed by atoms with Crippen LogP contribution in [0.3, 0.4) is 0 Å². The van der Waals surface area contributed by atoms with Crippen molar-refractivity contribution in [3.8, 4) is 0 Å². The van der Waals surface area contributed by atoms with Crippen molar-refractivity contribution in [1.82, 2.24) is 0 Å². The van der Waals surface area contributed by atoms with Crippen molar-refractivity contribution in [3.63, 3.8) is 0 Å². The number of hydrogen-bond donors (Lipinski definition) is 0. The third kappa shape index (κ3) is 13.9. The molecule has 0 amide bonds. The largest absolute Gasteiger partial charge is 0.778 e. The van der Waals surface area contributed by atoms with E-state index in [2.05, 4.69) is 0 Å². The van der Waals surface area contributed by atoms with E-state index in [1.165, 1.54) is 6.92 Å². The molecule has 0 spiro atoms. The summed E-state index contributed by atoms with van der Waals surface area (Å²) in [5, 5.41) is 0. The van der Waals surface area contributed by atoms with Crippen LogP contribution in [0.2, 0.25) is 0 Å². The molecule has 0 fully saturated rings. The molecule has 0 N–H and O–H groups in total. The zero-order valence-electron chi connectivity index (χ0n) is 23.3. The van der Waals surface area contributed by atoms with Crippen LogP contribution in [-0.2, 0) is 37.7 Å². The number of esters is 3. The number of quaternary nitrogens is 1. The lowest BCUT2D eigenvalue weighted by molar-refractivity contribution is -0.870. The van der Waals surface area contributed by atoms with E-state index < -0.39 is 35.2 Å². The first-order chi connectivity index (χ1) is 16.2. The lowest BCUT2D eigenvalue weighted by Gasteiger charge is -2.30. The molecule has 2 unspecified atom stereocenters. The van der Waals surface area contributed by atoms with Gasteiger partial charge in [0.15, 0.2) is 0 Å². The SMILES string of the molecule is CCC(C)(C)C(=O)OCCOC(=O)C(C)(C)CC(C)(Cl)C(=O)OCCOP(=O)([O-])CCC[N+](C)(C)C. The maximum absolute atomic E-state index is 12.5. The van der Waals surface area contributed by atoms with Crippen LogP contribution in [0.5, 0.6) is 0 Å². The maximum Gasteiger partial charge on any atom is 0.327 e. The van der Waals surface area contributed by atoms with Crippen LogP contribution < -0.4 is 4.89 Å². The summed E-state index contributed by atoms with van der Waals surface area (Å²) in [7, 11) is 1.86. The number of carbonyl (C=O) groups is 3. The van der Waals surface area contributed by atoms with Crippen molar-refractivity contribution < 1.29 is 47.1 Å². The highest BCUT2D eigenvalue weighted by Crippen LogP contribution is 2.38. The van der Waals surface area contributed by atoms with Gasteiger partial charge in [0, 0.05) is 12.6 Å². The monoisotopic (exact) mass is 557 g/mol.